The summed E-state index contributed by atoms with van der Waals surface area (Å²) in [5, 5.41) is 16.3. The number of aliphatic hydroxyl groups excluding tert-OH is 1. The van der Waals surface area contributed by atoms with E-state index in [1.165, 1.54) is 6.07 Å². The van der Waals surface area contributed by atoms with Crippen LogP contribution in [0.25, 0.3) is 0 Å². The molecule has 2 aromatic rings. The highest BCUT2D eigenvalue weighted by Crippen LogP contribution is 2.30. The van der Waals surface area contributed by atoms with Gasteiger partial charge in [0, 0.05) is 18.9 Å². The van der Waals surface area contributed by atoms with Gasteiger partial charge in [-0.2, -0.15) is 13.2 Å². The van der Waals surface area contributed by atoms with Gasteiger partial charge in [0.1, 0.15) is 0 Å². The van der Waals surface area contributed by atoms with Gasteiger partial charge in [-0.15, -0.1) is 24.0 Å². The van der Waals surface area contributed by atoms with Crippen LogP contribution in [0, 0.1) is 0 Å². The summed E-state index contributed by atoms with van der Waals surface area (Å²) in [6, 6.07) is 8.17. The van der Waals surface area contributed by atoms with Crippen LogP contribution in [-0.2, 0) is 6.18 Å². The van der Waals surface area contributed by atoms with E-state index in [9.17, 15) is 18.3 Å². The Bertz CT molecular complexity index is 756. The first-order valence-electron chi connectivity index (χ1n) is 8.61. The van der Waals surface area contributed by atoms with E-state index in [0.717, 1.165) is 12.1 Å². The Labute approximate surface area is 179 Å². The van der Waals surface area contributed by atoms with E-state index in [4.69, 9.17) is 0 Å². The predicted octanol–water partition coefficient (Wildman–Crippen LogP) is 4.07. The zero-order valence-electron chi connectivity index (χ0n) is 15.6. The van der Waals surface area contributed by atoms with Crippen molar-refractivity contribution in [1.82, 2.24) is 15.6 Å². The summed E-state index contributed by atoms with van der Waals surface area (Å²) < 4.78 is 38.7. The number of hydrogen-bond donors (Lipinski definition) is 3. The number of alkyl halides is 3. The summed E-state index contributed by atoms with van der Waals surface area (Å²) in [5.74, 6) is 0.413. The molecule has 0 amide bonds. The molecule has 154 valence electrons. The van der Waals surface area contributed by atoms with E-state index in [2.05, 4.69) is 20.6 Å². The highest BCUT2D eigenvalue weighted by Gasteiger charge is 2.30. The second-order valence-corrected chi connectivity index (χ2v) is 6.01. The van der Waals surface area contributed by atoms with Crippen molar-refractivity contribution in [2.24, 2.45) is 4.99 Å². The highest BCUT2D eigenvalue weighted by atomic mass is 127. The summed E-state index contributed by atoms with van der Waals surface area (Å²) in [5.41, 5.74) is 0.490. The van der Waals surface area contributed by atoms with Gasteiger partial charge in [-0.05, 0) is 49.2 Å². The van der Waals surface area contributed by atoms with Gasteiger partial charge in [0.25, 0.3) is 0 Å². The van der Waals surface area contributed by atoms with E-state index in [-0.39, 0.29) is 30.5 Å². The fraction of sp³-hybridized carbons (Fsp3) is 0.368. The van der Waals surface area contributed by atoms with Gasteiger partial charge in [0.2, 0.25) is 0 Å². The van der Waals surface area contributed by atoms with Crippen LogP contribution < -0.4 is 10.6 Å². The number of aliphatic imine (C=N–C) groups is 1. The maximum absolute atomic E-state index is 12.9. The molecule has 5 nitrogen and oxygen atoms in total. The molecular formula is C19H24F3IN4O. The SMILES string of the molecule is CCNC(=NCC(O)c1ccncc1)NC(C)c1cccc(C(F)(F)F)c1.I. The molecule has 2 atom stereocenters. The average molecular weight is 508 g/mol. The number of benzene rings is 1. The maximum Gasteiger partial charge on any atom is 0.416 e. The number of nitrogens with zero attached hydrogens (tertiary/aromatic N) is 2. The monoisotopic (exact) mass is 508 g/mol. The van der Waals surface area contributed by atoms with Crippen molar-refractivity contribution < 1.29 is 18.3 Å². The minimum absolute atomic E-state index is 0. The number of halogens is 4. The smallest absolute Gasteiger partial charge is 0.386 e. The van der Waals surface area contributed by atoms with E-state index in [1.54, 1.807) is 37.5 Å². The maximum atomic E-state index is 12.9. The standard InChI is InChI=1S/C19H23F3N4O.HI/c1-3-24-18(25-12-17(27)14-7-9-23-10-8-14)26-13(2)15-5-4-6-16(11-15)19(20,21)22;/h4-11,13,17,27H,3,12H2,1-2H3,(H2,24,25,26);1H. The van der Waals surface area contributed by atoms with E-state index < -0.39 is 23.9 Å². The molecule has 3 N–H and O–H groups in total. The molecular weight excluding hydrogens is 484 g/mol. The molecule has 9 heteroatoms. The van der Waals surface area contributed by atoms with Crippen LogP contribution in [0.5, 0.6) is 0 Å². The van der Waals surface area contributed by atoms with Crippen LogP contribution in [0.15, 0.2) is 53.8 Å². The van der Waals surface area contributed by atoms with Crippen LogP contribution in [-0.4, -0.2) is 29.1 Å². The third kappa shape index (κ3) is 7.27. The normalized spacial score (nSPS) is 14.0. The van der Waals surface area contributed by atoms with Gasteiger partial charge in [-0.1, -0.05) is 12.1 Å². The predicted molar refractivity (Wildman–Crippen MR) is 114 cm³/mol. The zero-order valence-corrected chi connectivity index (χ0v) is 17.9. The van der Waals surface area contributed by atoms with Gasteiger partial charge >= 0.3 is 6.18 Å². The fourth-order valence-electron chi connectivity index (χ4n) is 2.46. The first-order valence-corrected chi connectivity index (χ1v) is 8.61. The van der Waals surface area contributed by atoms with Crippen molar-refractivity contribution >= 4 is 29.9 Å². The molecule has 2 rings (SSSR count). The Morgan fingerprint density at radius 1 is 1.18 bits per heavy atom. The lowest BCUT2D eigenvalue weighted by atomic mass is 10.1. The van der Waals surface area contributed by atoms with Gasteiger partial charge in [0.15, 0.2) is 5.96 Å². The molecule has 0 aliphatic rings. The first kappa shape index (κ1) is 24.2. The van der Waals surface area contributed by atoms with Crippen molar-refractivity contribution in [3.8, 4) is 0 Å². The summed E-state index contributed by atoms with van der Waals surface area (Å²) in [4.78, 5) is 8.23. The molecule has 2 unspecified atom stereocenters. The molecule has 1 aromatic carbocycles. The molecule has 0 radical (unpaired) electrons. The van der Waals surface area contributed by atoms with E-state index >= 15 is 0 Å². The van der Waals surface area contributed by atoms with Crippen molar-refractivity contribution in [2.45, 2.75) is 32.2 Å². The largest absolute Gasteiger partial charge is 0.416 e. The van der Waals surface area contributed by atoms with Crippen molar-refractivity contribution in [1.29, 1.82) is 0 Å². The molecule has 0 saturated heterocycles. The van der Waals surface area contributed by atoms with E-state index in [1.807, 2.05) is 6.92 Å². The number of hydrogen-bond acceptors (Lipinski definition) is 3. The Morgan fingerprint density at radius 2 is 1.86 bits per heavy atom. The quantitative estimate of drug-likeness (QED) is 0.313. The molecule has 0 aliphatic heterocycles. The van der Waals surface area contributed by atoms with Crippen molar-refractivity contribution in [2.75, 3.05) is 13.1 Å². The highest BCUT2D eigenvalue weighted by molar-refractivity contribution is 14.0. The molecule has 28 heavy (non-hydrogen) atoms. The van der Waals surface area contributed by atoms with Crippen LogP contribution in [0.2, 0.25) is 0 Å². The number of rotatable bonds is 6. The van der Waals surface area contributed by atoms with Gasteiger partial charge in [-0.3, -0.25) is 9.98 Å². The number of aliphatic hydroxyl groups is 1. The fourth-order valence-corrected chi connectivity index (χ4v) is 2.46. The van der Waals surface area contributed by atoms with Gasteiger partial charge in [-0.25, -0.2) is 0 Å². The second-order valence-electron chi connectivity index (χ2n) is 6.01. The van der Waals surface area contributed by atoms with Crippen LogP contribution in [0.4, 0.5) is 13.2 Å². The summed E-state index contributed by atoms with van der Waals surface area (Å²) in [7, 11) is 0. The molecule has 1 heterocycles. The molecule has 1 aromatic heterocycles. The lowest BCUT2D eigenvalue weighted by Gasteiger charge is -2.20. The zero-order chi connectivity index (χ0) is 19.9. The molecule has 0 bridgehead atoms. The van der Waals surface area contributed by atoms with Crippen LogP contribution in [0.1, 0.15) is 42.7 Å². The lowest BCUT2D eigenvalue weighted by Crippen LogP contribution is -2.39. The molecule has 0 fully saturated rings. The first-order chi connectivity index (χ1) is 12.8. The minimum atomic E-state index is -4.39. The molecule has 0 saturated carbocycles. The number of nitrogens with one attached hydrogen (secondary N) is 2. The average Bonchev–Trinajstić information content (AvgIpc) is 2.66. The topological polar surface area (TPSA) is 69.5 Å². The van der Waals surface area contributed by atoms with E-state index in [0.29, 0.717) is 23.6 Å². The molecule has 0 aliphatic carbocycles. The van der Waals surface area contributed by atoms with Crippen molar-refractivity contribution in [3.63, 3.8) is 0 Å². The summed E-state index contributed by atoms with van der Waals surface area (Å²) in [6.07, 6.45) is -2.02. The van der Waals surface area contributed by atoms with Crippen molar-refractivity contribution in [3.05, 3.63) is 65.5 Å². The lowest BCUT2D eigenvalue weighted by molar-refractivity contribution is -0.137. The minimum Gasteiger partial charge on any atom is -0.386 e. The van der Waals surface area contributed by atoms with Crippen LogP contribution >= 0.6 is 24.0 Å². The molecule has 0 spiro atoms. The second kappa shape index (κ2) is 11.2. The Hall–Kier alpha value is -1.88. The summed E-state index contributed by atoms with van der Waals surface area (Å²) in [6.45, 7) is 4.31. The third-order valence-electron chi connectivity index (χ3n) is 3.92. The van der Waals surface area contributed by atoms with Crippen LogP contribution in [0.3, 0.4) is 0 Å². The third-order valence-corrected chi connectivity index (χ3v) is 3.92. The summed E-state index contributed by atoms with van der Waals surface area (Å²) >= 11 is 0. The van der Waals surface area contributed by atoms with Gasteiger partial charge < -0.3 is 15.7 Å². The number of pyridine rings is 1. The number of aromatic nitrogens is 1. The Morgan fingerprint density at radius 3 is 2.46 bits per heavy atom. The Kier molecular flexibility index (Phi) is 9.66. The Balaban J connectivity index is 0.00000392. The van der Waals surface area contributed by atoms with Gasteiger partial charge in [0.05, 0.1) is 24.3 Å². The number of guanidine groups is 1.